The first-order valence-electron chi connectivity index (χ1n) is 7.50. The molecule has 0 fully saturated rings. The van der Waals surface area contributed by atoms with E-state index in [1.807, 2.05) is 0 Å². The Labute approximate surface area is 146 Å². The molecule has 0 aliphatic heterocycles. The molecule has 0 saturated heterocycles. The van der Waals surface area contributed by atoms with Crippen LogP contribution in [0.1, 0.15) is 5.56 Å². The second kappa shape index (κ2) is 6.93. The Morgan fingerprint density at radius 1 is 0.885 bits per heavy atom. The largest absolute Gasteiger partial charge is 0.269 e. The Hall–Kier alpha value is -3.88. The fourth-order valence-electron chi connectivity index (χ4n) is 2.41. The summed E-state index contributed by atoms with van der Waals surface area (Å²) in [5, 5.41) is 25.8. The van der Waals surface area contributed by atoms with Crippen LogP contribution in [0, 0.1) is 20.2 Å². The van der Waals surface area contributed by atoms with Crippen LogP contribution in [-0.2, 0) is 6.54 Å². The first-order valence-corrected chi connectivity index (χ1v) is 7.50. The number of nitro benzene ring substituents is 2. The maximum absolute atomic E-state index is 12.0. The van der Waals surface area contributed by atoms with Crippen molar-refractivity contribution in [3.8, 4) is 11.3 Å². The molecule has 2 aromatic carbocycles. The van der Waals surface area contributed by atoms with Crippen molar-refractivity contribution in [1.82, 2.24) is 9.78 Å². The summed E-state index contributed by atoms with van der Waals surface area (Å²) < 4.78 is 1.19. The third-order valence-corrected chi connectivity index (χ3v) is 3.69. The summed E-state index contributed by atoms with van der Waals surface area (Å²) >= 11 is 0. The van der Waals surface area contributed by atoms with Gasteiger partial charge in [-0.05, 0) is 23.8 Å². The van der Waals surface area contributed by atoms with Crippen LogP contribution in [0.4, 0.5) is 11.4 Å². The van der Waals surface area contributed by atoms with Crippen LogP contribution < -0.4 is 5.56 Å². The Balaban J connectivity index is 1.93. The van der Waals surface area contributed by atoms with Crippen molar-refractivity contribution in [3.05, 3.63) is 96.8 Å². The molecule has 3 aromatic rings. The zero-order valence-electron chi connectivity index (χ0n) is 13.3. The zero-order valence-corrected chi connectivity index (χ0v) is 13.3. The summed E-state index contributed by atoms with van der Waals surface area (Å²) in [5.74, 6) is 0. The number of hydrogen-bond donors (Lipinski definition) is 0. The molecule has 1 heterocycles. The van der Waals surface area contributed by atoms with E-state index in [0.717, 1.165) is 0 Å². The molecule has 9 heteroatoms. The number of nitro groups is 2. The zero-order chi connectivity index (χ0) is 18.7. The summed E-state index contributed by atoms with van der Waals surface area (Å²) in [6.45, 7) is 0.0708. The van der Waals surface area contributed by atoms with Crippen molar-refractivity contribution >= 4 is 11.4 Å². The van der Waals surface area contributed by atoms with Crippen LogP contribution in [0.25, 0.3) is 11.3 Å². The van der Waals surface area contributed by atoms with Gasteiger partial charge in [0, 0.05) is 35.9 Å². The minimum Gasteiger partial charge on any atom is -0.268 e. The topological polar surface area (TPSA) is 121 Å². The van der Waals surface area contributed by atoms with Crippen molar-refractivity contribution < 1.29 is 9.85 Å². The van der Waals surface area contributed by atoms with E-state index in [9.17, 15) is 25.0 Å². The van der Waals surface area contributed by atoms with Crippen LogP contribution in [0.3, 0.4) is 0 Å². The molecule has 0 spiro atoms. The molecule has 0 amide bonds. The molecule has 0 aliphatic carbocycles. The first-order chi connectivity index (χ1) is 12.4. The van der Waals surface area contributed by atoms with Gasteiger partial charge < -0.3 is 0 Å². The Kier molecular flexibility index (Phi) is 4.52. The van der Waals surface area contributed by atoms with Crippen molar-refractivity contribution in [3.63, 3.8) is 0 Å². The second-order valence-electron chi connectivity index (χ2n) is 5.45. The number of rotatable bonds is 5. The van der Waals surface area contributed by atoms with Crippen LogP contribution in [0.5, 0.6) is 0 Å². The first kappa shape index (κ1) is 17.0. The van der Waals surface area contributed by atoms with E-state index in [-0.39, 0.29) is 23.5 Å². The Morgan fingerprint density at radius 2 is 1.58 bits per heavy atom. The molecule has 0 N–H and O–H groups in total. The Bertz CT molecular complexity index is 1040. The minimum absolute atomic E-state index is 0.0429. The average molecular weight is 352 g/mol. The van der Waals surface area contributed by atoms with Crippen molar-refractivity contribution in [1.29, 1.82) is 0 Å². The fourth-order valence-corrected chi connectivity index (χ4v) is 2.41. The quantitative estimate of drug-likeness (QED) is 0.514. The van der Waals surface area contributed by atoms with E-state index in [1.165, 1.54) is 41.1 Å². The summed E-state index contributed by atoms with van der Waals surface area (Å²) in [6, 6.07) is 14.6. The average Bonchev–Trinajstić information content (AvgIpc) is 2.64. The highest BCUT2D eigenvalue weighted by Gasteiger charge is 2.10. The number of nitrogens with zero attached hydrogens (tertiary/aromatic N) is 4. The highest BCUT2D eigenvalue weighted by molar-refractivity contribution is 5.60. The Morgan fingerprint density at radius 3 is 2.23 bits per heavy atom. The van der Waals surface area contributed by atoms with Gasteiger partial charge in [0.15, 0.2) is 0 Å². The predicted octanol–water partition coefficient (Wildman–Crippen LogP) is 2.78. The standard InChI is InChI=1S/C17H12N4O5/c22-17-9-8-16(13-4-6-14(7-5-13)20(23)24)18-19(17)11-12-2-1-3-15(10-12)21(25)26/h1-10H,11H2. The lowest BCUT2D eigenvalue weighted by Crippen LogP contribution is -2.22. The molecular formula is C17H12N4O5. The molecule has 130 valence electrons. The second-order valence-corrected chi connectivity index (χ2v) is 5.45. The molecule has 0 bridgehead atoms. The molecule has 0 saturated carbocycles. The SMILES string of the molecule is O=c1ccc(-c2ccc([N+](=O)[O-])cc2)nn1Cc1cccc([N+](=O)[O-])c1. The van der Waals surface area contributed by atoms with Gasteiger partial charge in [-0.2, -0.15) is 5.10 Å². The van der Waals surface area contributed by atoms with Gasteiger partial charge in [-0.3, -0.25) is 25.0 Å². The van der Waals surface area contributed by atoms with Crippen molar-refractivity contribution in [2.45, 2.75) is 6.54 Å². The van der Waals surface area contributed by atoms with Gasteiger partial charge >= 0.3 is 0 Å². The highest BCUT2D eigenvalue weighted by Crippen LogP contribution is 2.20. The van der Waals surface area contributed by atoms with Crippen molar-refractivity contribution in [2.75, 3.05) is 0 Å². The molecule has 0 unspecified atom stereocenters. The summed E-state index contributed by atoms with van der Waals surface area (Å²) in [6.07, 6.45) is 0. The molecule has 0 radical (unpaired) electrons. The summed E-state index contributed by atoms with van der Waals surface area (Å²) in [7, 11) is 0. The maximum Gasteiger partial charge on any atom is 0.269 e. The molecule has 1 aromatic heterocycles. The minimum atomic E-state index is -0.507. The van der Waals surface area contributed by atoms with Crippen LogP contribution >= 0.6 is 0 Å². The molecule has 9 nitrogen and oxygen atoms in total. The lowest BCUT2D eigenvalue weighted by Gasteiger charge is -2.07. The monoisotopic (exact) mass is 352 g/mol. The van der Waals surface area contributed by atoms with Gasteiger partial charge in [0.1, 0.15) is 0 Å². The lowest BCUT2D eigenvalue weighted by molar-refractivity contribution is -0.385. The molecule has 26 heavy (non-hydrogen) atoms. The van der Waals surface area contributed by atoms with Crippen LogP contribution in [-0.4, -0.2) is 19.6 Å². The summed E-state index contributed by atoms with van der Waals surface area (Å²) in [4.78, 5) is 32.6. The fraction of sp³-hybridized carbons (Fsp3) is 0.0588. The van der Waals surface area contributed by atoms with Gasteiger partial charge in [0.05, 0.1) is 22.1 Å². The normalized spacial score (nSPS) is 10.5. The van der Waals surface area contributed by atoms with Crippen LogP contribution in [0.2, 0.25) is 0 Å². The molecule has 0 atom stereocenters. The van der Waals surface area contributed by atoms with Gasteiger partial charge in [0.2, 0.25) is 0 Å². The van der Waals surface area contributed by atoms with Gasteiger partial charge in [-0.15, -0.1) is 0 Å². The van der Waals surface area contributed by atoms with Gasteiger partial charge in [-0.1, -0.05) is 12.1 Å². The van der Waals surface area contributed by atoms with E-state index in [1.54, 1.807) is 24.3 Å². The smallest absolute Gasteiger partial charge is 0.268 e. The van der Waals surface area contributed by atoms with Gasteiger partial charge in [0.25, 0.3) is 16.9 Å². The third-order valence-electron chi connectivity index (χ3n) is 3.69. The number of aromatic nitrogens is 2. The van der Waals surface area contributed by atoms with Crippen LogP contribution in [0.15, 0.2) is 65.5 Å². The summed E-state index contributed by atoms with van der Waals surface area (Å²) in [5.41, 5.74) is 1.17. The molecular weight excluding hydrogens is 340 g/mol. The number of non-ortho nitro benzene ring substituents is 2. The lowest BCUT2D eigenvalue weighted by atomic mass is 10.1. The predicted molar refractivity (Wildman–Crippen MR) is 92.8 cm³/mol. The van der Waals surface area contributed by atoms with Crippen molar-refractivity contribution in [2.24, 2.45) is 0 Å². The number of benzene rings is 2. The van der Waals surface area contributed by atoms with E-state index in [0.29, 0.717) is 16.8 Å². The molecule has 3 rings (SSSR count). The van der Waals surface area contributed by atoms with E-state index < -0.39 is 9.85 Å². The van der Waals surface area contributed by atoms with Gasteiger partial charge in [-0.25, -0.2) is 4.68 Å². The van der Waals surface area contributed by atoms with E-state index in [4.69, 9.17) is 0 Å². The molecule has 0 aliphatic rings. The maximum atomic E-state index is 12.0. The van der Waals surface area contributed by atoms with E-state index >= 15 is 0 Å². The third kappa shape index (κ3) is 3.61. The number of hydrogen-bond acceptors (Lipinski definition) is 6. The highest BCUT2D eigenvalue weighted by atomic mass is 16.6. The van der Waals surface area contributed by atoms with E-state index in [2.05, 4.69) is 5.10 Å².